The van der Waals surface area contributed by atoms with Crippen LogP contribution in [0.5, 0.6) is 5.75 Å². The number of nitriles is 1. The van der Waals surface area contributed by atoms with Crippen molar-refractivity contribution < 1.29 is 13.9 Å². The largest absolute Gasteiger partial charge is 0.482 e. The normalized spacial score (nSPS) is 16.2. The van der Waals surface area contributed by atoms with Crippen LogP contribution in [-0.4, -0.2) is 41.9 Å². The van der Waals surface area contributed by atoms with Crippen LogP contribution < -0.4 is 10.2 Å². The third-order valence-electron chi connectivity index (χ3n) is 7.90. The maximum Gasteiger partial charge on any atom is 0.227 e. The smallest absolute Gasteiger partial charge is 0.227 e. The molecule has 0 N–H and O–H groups in total. The Kier molecular flexibility index (Phi) is 8.75. The molecule has 2 aliphatic rings. The monoisotopic (exact) mass is 525 g/mol. The Bertz CT molecular complexity index is 1360. The first-order chi connectivity index (χ1) is 19.1. The van der Waals surface area contributed by atoms with Crippen molar-refractivity contribution in [2.75, 3.05) is 26.2 Å². The highest BCUT2D eigenvalue weighted by Gasteiger charge is 2.23. The van der Waals surface area contributed by atoms with E-state index in [1.165, 1.54) is 38.0 Å². The van der Waals surface area contributed by atoms with E-state index in [0.29, 0.717) is 24.3 Å². The molecule has 39 heavy (non-hydrogen) atoms. The molecule has 1 saturated heterocycles. The standard InChI is InChI=1S/C32H35N3O4/c33-20-27-7-3-4-8-29(27)26-12-9-25(10-13-26)22-39-31-23-38-28(19-30(31)36)21-34-15-17-35(18-16-34)32(37)14-11-24-5-1-2-6-24/h3-4,7-10,12-13,19,23-24H,1-2,5-6,11,14-18,21-22H2. The third-order valence-corrected chi connectivity index (χ3v) is 7.90. The summed E-state index contributed by atoms with van der Waals surface area (Å²) in [7, 11) is 0. The molecule has 0 radical (unpaired) electrons. The Morgan fingerprint density at radius 2 is 1.77 bits per heavy atom. The summed E-state index contributed by atoms with van der Waals surface area (Å²) in [4.78, 5) is 29.4. The number of ether oxygens (including phenoxy) is 1. The van der Waals surface area contributed by atoms with Gasteiger partial charge in [0.2, 0.25) is 17.1 Å². The van der Waals surface area contributed by atoms with Crippen LogP contribution in [0.4, 0.5) is 0 Å². The van der Waals surface area contributed by atoms with Crippen LogP contribution in [0.3, 0.4) is 0 Å². The summed E-state index contributed by atoms with van der Waals surface area (Å²) in [6.07, 6.45) is 8.27. The molecule has 0 atom stereocenters. The summed E-state index contributed by atoms with van der Waals surface area (Å²) < 4.78 is 11.5. The molecule has 202 valence electrons. The lowest BCUT2D eigenvalue weighted by atomic mass is 9.99. The van der Waals surface area contributed by atoms with Crippen LogP contribution in [0.1, 0.15) is 55.4 Å². The van der Waals surface area contributed by atoms with Crippen molar-refractivity contribution in [3.8, 4) is 22.9 Å². The fraction of sp³-hybridized carbons (Fsp3) is 0.406. The van der Waals surface area contributed by atoms with Crippen molar-refractivity contribution in [1.82, 2.24) is 9.80 Å². The molecule has 1 aliphatic carbocycles. The van der Waals surface area contributed by atoms with E-state index >= 15 is 0 Å². The Labute approximate surface area is 229 Å². The van der Waals surface area contributed by atoms with Crippen molar-refractivity contribution in [3.63, 3.8) is 0 Å². The summed E-state index contributed by atoms with van der Waals surface area (Å²) in [6.45, 7) is 3.75. The molecule has 1 amide bonds. The number of piperazine rings is 1. The molecule has 7 heteroatoms. The molecule has 2 heterocycles. The molecule has 2 fully saturated rings. The Morgan fingerprint density at radius 3 is 2.49 bits per heavy atom. The molecule has 1 aliphatic heterocycles. The minimum Gasteiger partial charge on any atom is -0.482 e. The van der Waals surface area contributed by atoms with E-state index in [1.807, 2.05) is 47.4 Å². The quantitative estimate of drug-likeness (QED) is 0.373. The van der Waals surface area contributed by atoms with Crippen molar-refractivity contribution >= 4 is 5.91 Å². The van der Waals surface area contributed by atoms with Gasteiger partial charge in [-0.3, -0.25) is 14.5 Å². The Morgan fingerprint density at radius 1 is 1.03 bits per heavy atom. The lowest BCUT2D eigenvalue weighted by molar-refractivity contribution is -0.133. The predicted octanol–water partition coefficient (Wildman–Crippen LogP) is 5.37. The second-order valence-corrected chi connectivity index (χ2v) is 10.6. The van der Waals surface area contributed by atoms with Crippen LogP contribution in [0.25, 0.3) is 11.1 Å². The molecule has 0 unspecified atom stereocenters. The van der Waals surface area contributed by atoms with Gasteiger partial charge < -0.3 is 14.1 Å². The first-order valence-corrected chi connectivity index (χ1v) is 13.9. The van der Waals surface area contributed by atoms with Gasteiger partial charge in [-0.05, 0) is 35.1 Å². The highest BCUT2D eigenvalue weighted by Crippen LogP contribution is 2.29. The van der Waals surface area contributed by atoms with Crippen LogP contribution in [0, 0.1) is 17.2 Å². The topological polar surface area (TPSA) is 86.8 Å². The Hall–Kier alpha value is -3.89. The fourth-order valence-corrected chi connectivity index (χ4v) is 5.56. The van der Waals surface area contributed by atoms with E-state index in [9.17, 15) is 14.9 Å². The number of carbonyl (C=O) groups excluding carboxylic acids is 1. The SMILES string of the molecule is N#Cc1ccccc1-c1ccc(COc2coc(CN3CCN(C(=O)CCC4CCCC4)CC3)cc2=O)cc1. The lowest BCUT2D eigenvalue weighted by Crippen LogP contribution is -2.48. The van der Waals surface area contributed by atoms with Crippen molar-refractivity contribution in [3.05, 3.63) is 88.0 Å². The number of amides is 1. The van der Waals surface area contributed by atoms with Crippen molar-refractivity contribution in [2.45, 2.75) is 51.7 Å². The molecule has 1 saturated carbocycles. The van der Waals surface area contributed by atoms with Crippen LogP contribution in [0.15, 0.2) is 70.1 Å². The molecular formula is C32H35N3O4. The maximum atomic E-state index is 12.6. The summed E-state index contributed by atoms with van der Waals surface area (Å²) in [5.74, 6) is 1.78. The van der Waals surface area contributed by atoms with Gasteiger partial charge in [-0.15, -0.1) is 0 Å². The highest BCUT2D eigenvalue weighted by atomic mass is 16.5. The van der Waals surface area contributed by atoms with Gasteiger partial charge in [-0.25, -0.2) is 0 Å². The van der Waals surface area contributed by atoms with E-state index in [1.54, 1.807) is 6.07 Å². The van der Waals surface area contributed by atoms with E-state index in [4.69, 9.17) is 9.15 Å². The van der Waals surface area contributed by atoms with E-state index in [2.05, 4.69) is 11.0 Å². The number of hydrogen-bond donors (Lipinski definition) is 0. The zero-order valence-electron chi connectivity index (χ0n) is 22.3. The summed E-state index contributed by atoms with van der Waals surface area (Å²) in [5.41, 5.74) is 3.16. The molecule has 5 rings (SSSR count). The van der Waals surface area contributed by atoms with Gasteiger partial charge in [-0.1, -0.05) is 68.1 Å². The second-order valence-electron chi connectivity index (χ2n) is 10.6. The van der Waals surface area contributed by atoms with Crippen LogP contribution in [0.2, 0.25) is 0 Å². The van der Waals surface area contributed by atoms with Gasteiger partial charge in [0.15, 0.2) is 0 Å². The minimum absolute atomic E-state index is 0.176. The lowest BCUT2D eigenvalue weighted by Gasteiger charge is -2.34. The number of benzene rings is 2. The zero-order valence-corrected chi connectivity index (χ0v) is 22.3. The molecule has 3 aromatic rings. The van der Waals surface area contributed by atoms with Crippen LogP contribution >= 0.6 is 0 Å². The summed E-state index contributed by atoms with van der Waals surface area (Å²) in [6, 6.07) is 19.0. The number of carbonyl (C=O) groups is 1. The molecule has 2 aromatic carbocycles. The number of hydrogen-bond acceptors (Lipinski definition) is 6. The van der Waals surface area contributed by atoms with Crippen LogP contribution in [-0.2, 0) is 17.9 Å². The van der Waals surface area contributed by atoms with Gasteiger partial charge in [-0.2, -0.15) is 5.26 Å². The average molecular weight is 526 g/mol. The van der Waals surface area contributed by atoms with Gasteiger partial charge >= 0.3 is 0 Å². The molecule has 0 spiro atoms. The van der Waals surface area contributed by atoms with E-state index in [0.717, 1.165) is 55.2 Å². The zero-order chi connectivity index (χ0) is 27.0. The second kappa shape index (κ2) is 12.8. The summed E-state index contributed by atoms with van der Waals surface area (Å²) in [5, 5.41) is 9.34. The predicted molar refractivity (Wildman–Crippen MR) is 149 cm³/mol. The molecule has 7 nitrogen and oxygen atoms in total. The third kappa shape index (κ3) is 6.96. The number of rotatable bonds is 9. The summed E-state index contributed by atoms with van der Waals surface area (Å²) >= 11 is 0. The van der Waals surface area contributed by atoms with Gasteiger partial charge in [0.05, 0.1) is 18.2 Å². The maximum absolute atomic E-state index is 12.6. The molecular weight excluding hydrogens is 490 g/mol. The minimum atomic E-state index is -0.212. The first kappa shape index (κ1) is 26.7. The fourth-order valence-electron chi connectivity index (χ4n) is 5.56. The van der Waals surface area contributed by atoms with Gasteiger partial charge in [0.25, 0.3) is 0 Å². The molecule has 1 aromatic heterocycles. The highest BCUT2D eigenvalue weighted by molar-refractivity contribution is 5.76. The van der Waals surface area contributed by atoms with Gasteiger partial charge in [0, 0.05) is 38.7 Å². The van der Waals surface area contributed by atoms with E-state index < -0.39 is 0 Å². The Balaban J connectivity index is 1.08. The first-order valence-electron chi connectivity index (χ1n) is 13.9. The number of nitrogens with zero attached hydrogens (tertiary/aromatic N) is 3. The van der Waals surface area contributed by atoms with Crippen molar-refractivity contribution in [1.29, 1.82) is 5.26 Å². The van der Waals surface area contributed by atoms with Gasteiger partial charge in [0.1, 0.15) is 18.6 Å². The molecule has 0 bridgehead atoms. The average Bonchev–Trinajstić information content (AvgIpc) is 3.50. The van der Waals surface area contributed by atoms with E-state index in [-0.39, 0.29) is 23.7 Å². The van der Waals surface area contributed by atoms with Crippen molar-refractivity contribution in [2.24, 2.45) is 5.92 Å².